The Bertz CT molecular complexity index is 1730. The second-order valence-corrected chi connectivity index (χ2v) is 19.7. The molecule has 9 N–H and O–H groups in total. The number of allylic oxidation sites excluding steroid dienone is 19. The van der Waals surface area contributed by atoms with Crippen LogP contribution in [-0.2, 0) is 23.7 Å². The van der Waals surface area contributed by atoms with Crippen LogP contribution in [-0.4, -0.2) is 140 Å². The third kappa shape index (κ3) is 31.7. The highest BCUT2D eigenvalue weighted by Crippen LogP contribution is 2.30. The van der Waals surface area contributed by atoms with Gasteiger partial charge in [-0.2, -0.15) is 0 Å². The van der Waals surface area contributed by atoms with Crippen LogP contribution >= 0.6 is 0 Å². The van der Waals surface area contributed by atoms with E-state index in [1.54, 1.807) is 6.08 Å². The molecule has 0 bridgehead atoms. The van der Waals surface area contributed by atoms with E-state index < -0.39 is 86.8 Å². The minimum atomic E-state index is -1.80. The Hall–Kier alpha value is -3.61. The Morgan fingerprint density at radius 2 is 0.921 bits per heavy atom. The Labute approximate surface area is 457 Å². The summed E-state index contributed by atoms with van der Waals surface area (Å²) in [7, 11) is 0. The summed E-state index contributed by atoms with van der Waals surface area (Å²) >= 11 is 0. The van der Waals surface area contributed by atoms with Crippen molar-refractivity contribution < 1.29 is 64.6 Å². The van der Waals surface area contributed by atoms with Crippen molar-refractivity contribution in [2.75, 3.05) is 19.8 Å². The van der Waals surface area contributed by atoms with E-state index in [0.717, 1.165) is 77.0 Å². The molecule has 2 aliphatic rings. The summed E-state index contributed by atoms with van der Waals surface area (Å²) in [5.74, 6) is -0.298. The normalized spacial score (nSPS) is 25.8. The van der Waals surface area contributed by atoms with E-state index >= 15 is 0 Å². The second kappa shape index (κ2) is 46.3. The average Bonchev–Trinajstić information content (AvgIpc) is 3.42. The SMILES string of the molecule is CC/C=C\C/C=C\C/C=C\C/C=C\C/C=C\C/C=C\C/C=C\C/C=C\CCCCC(=O)NC(COC1OC(CO)C(OC2OC(CO)C(O)C(O)C2O)C(O)C1O)C(O)/C=C/CC/C=C/CCCCCCCCCCC. The van der Waals surface area contributed by atoms with E-state index in [4.69, 9.17) is 18.9 Å². The van der Waals surface area contributed by atoms with Crippen LogP contribution in [0.25, 0.3) is 0 Å². The zero-order valence-electron chi connectivity index (χ0n) is 46.2. The molecule has 0 aliphatic carbocycles. The van der Waals surface area contributed by atoms with Gasteiger partial charge in [0.1, 0.15) is 48.8 Å². The highest BCUT2D eigenvalue weighted by Gasteiger charge is 2.51. The van der Waals surface area contributed by atoms with Gasteiger partial charge in [0.2, 0.25) is 5.91 Å². The van der Waals surface area contributed by atoms with Gasteiger partial charge >= 0.3 is 0 Å². The van der Waals surface area contributed by atoms with E-state index in [0.29, 0.717) is 12.8 Å². The zero-order valence-corrected chi connectivity index (χ0v) is 46.2. The van der Waals surface area contributed by atoms with Gasteiger partial charge in [-0.1, -0.05) is 187 Å². The topological polar surface area (TPSA) is 228 Å². The zero-order chi connectivity index (χ0) is 55.3. The molecule has 14 nitrogen and oxygen atoms in total. The van der Waals surface area contributed by atoms with Crippen LogP contribution in [0.5, 0.6) is 0 Å². The first kappa shape index (κ1) is 68.5. The van der Waals surface area contributed by atoms with Gasteiger partial charge in [-0.25, -0.2) is 0 Å². The summed E-state index contributed by atoms with van der Waals surface area (Å²) in [6, 6.07) is -0.964. The second-order valence-electron chi connectivity index (χ2n) is 19.7. The average molecular weight is 1070 g/mol. The van der Waals surface area contributed by atoms with Gasteiger partial charge in [0.15, 0.2) is 12.6 Å². The summed E-state index contributed by atoms with van der Waals surface area (Å²) in [5, 5.41) is 86.9. The molecule has 2 fully saturated rings. The molecule has 14 heteroatoms. The Morgan fingerprint density at radius 1 is 0.487 bits per heavy atom. The van der Waals surface area contributed by atoms with Crippen LogP contribution in [0.15, 0.2) is 122 Å². The van der Waals surface area contributed by atoms with E-state index in [-0.39, 0.29) is 18.9 Å². The number of nitrogens with one attached hydrogen (secondary N) is 1. The minimum Gasteiger partial charge on any atom is -0.394 e. The smallest absolute Gasteiger partial charge is 0.220 e. The Kier molecular flexibility index (Phi) is 41.7. The van der Waals surface area contributed by atoms with Gasteiger partial charge in [0.25, 0.3) is 0 Å². The van der Waals surface area contributed by atoms with Crippen LogP contribution in [0.4, 0.5) is 0 Å². The molecular formula is C62H101NO13. The molecule has 1 amide bonds. The van der Waals surface area contributed by atoms with Crippen molar-refractivity contribution in [1.82, 2.24) is 5.32 Å². The number of hydrogen-bond acceptors (Lipinski definition) is 13. The van der Waals surface area contributed by atoms with Gasteiger partial charge < -0.3 is 65.1 Å². The fourth-order valence-electron chi connectivity index (χ4n) is 8.50. The highest BCUT2D eigenvalue weighted by molar-refractivity contribution is 5.76. The van der Waals surface area contributed by atoms with Crippen molar-refractivity contribution in [1.29, 1.82) is 0 Å². The summed E-state index contributed by atoms with van der Waals surface area (Å²) in [5.41, 5.74) is 0. The molecule has 0 aromatic carbocycles. The lowest BCUT2D eigenvalue weighted by molar-refractivity contribution is -0.359. The Balaban J connectivity index is 1.81. The number of rotatable bonds is 43. The van der Waals surface area contributed by atoms with E-state index in [1.807, 2.05) is 6.08 Å². The quantitative estimate of drug-likeness (QED) is 0.0205. The molecule has 12 unspecified atom stereocenters. The predicted octanol–water partition coefficient (Wildman–Crippen LogP) is 9.44. The van der Waals surface area contributed by atoms with Crippen LogP contribution in [0.3, 0.4) is 0 Å². The van der Waals surface area contributed by atoms with Crippen molar-refractivity contribution in [3.05, 3.63) is 122 Å². The number of aliphatic hydroxyl groups excluding tert-OH is 8. The maximum Gasteiger partial charge on any atom is 0.220 e. The van der Waals surface area contributed by atoms with Crippen molar-refractivity contribution in [3.8, 4) is 0 Å². The lowest BCUT2D eigenvalue weighted by Crippen LogP contribution is -2.65. The van der Waals surface area contributed by atoms with Crippen LogP contribution in [0.2, 0.25) is 0 Å². The van der Waals surface area contributed by atoms with Crippen molar-refractivity contribution >= 4 is 5.91 Å². The lowest BCUT2D eigenvalue weighted by Gasteiger charge is -2.46. The molecule has 76 heavy (non-hydrogen) atoms. The predicted molar refractivity (Wildman–Crippen MR) is 304 cm³/mol. The monoisotopic (exact) mass is 1070 g/mol. The van der Waals surface area contributed by atoms with Gasteiger partial charge in [-0.05, 0) is 96.3 Å². The first-order chi connectivity index (χ1) is 37.1. The highest BCUT2D eigenvalue weighted by atomic mass is 16.7. The molecule has 0 aromatic rings. The number of carbonyl (C=O) groups is 1. The molecule has 2 rings (SSSR count). The number of ether oxygens (including phenoxy) is 4. The third-order valence-electron chi connectivity index (χ3n) is 13.1. The molecule has 2 heterocycles. The molecule has 0 spiro atoms. The molecule has 12 atom stereocenters. The van der Waals surface area contributed by atoms with Crippen molar-refractivity contribution in [2.24, 2.45) is 0 Å². The van der Waals surface area contributed by atoms with Crippen molar-refractivity contribution in [3.63, 3.8) is 0 Å². The first-order valence-electron chi connectivity index (χ1n) is 28.8. The van der Waals surface area contributed by atoms with Crippen molar-refractivity contribution in [2.45, 2.75) is 242 Å². The lowest BCUT2D eigenvalue weighted by atomic mass is 9.97. The van der Waals surface area contributed by atoms with Gasteiger partial charge in [-0.3, -0.25) is 4.79 Å². The molecule has 0 saturated carbocycles. The summed E-state index contributed by atoms with van der Waals surface area (Å²) < 4.78 is 22.7. The molecule has 0 radical (unpaired) electrons. The van der Waals surface area contributed by atoms with Crippen LogP contribution < -0.4 is 5.32 Å². The summed E-state index contributed by atoms with van der Waals surface area (Å²) in [6.45, 7) is 2.60. The number of aliphatic hydroxyl groups is 8. The van der Waals surface area contributed by atoms with Gasteiger partial charge in [0, 0.05) is 6.42 Å². The van der Waals surface area contributed by atoms with E-state index in [9.17, 15) is 45.6 Å². The number of hydrogen-bond donors (Lipinski definition) is 9. The minimum absolute atomic E-state index is 0.210. The van der Waals surface area contributed by atoms with Crippen LogP contribution in [0, 0.1) is 0 Å². The van der Waals surface area contributed by atoms with E-state index in [2.05, 4.69) is 129 Å². The molecule has 432 valence electrons. The summed E-state index contributed by atoms with van der Waals surface area (Å²) in [4.78, 5) is 13.2. The third-order valence-corrected chi connectivity index (χ3v) is 13.1. The number of carbonyl (C=O) groups excluding carboxylic acids is 1. The van der Waals surface area contributed by atoms with E-state index in [1.165, 1.54) is 57.8 Å². The molecular weight excluding hydrogens is 967 g/mol. The molecule has 2 aliphatic heterocycles. The van der Waals surface area contributed by atoms with Gasteiger partial charge in [-0.15, -0.1) is 0 Å². The fourth-order valence-corrected chi connectivity index (χ4v) is 8.50. The first-order valence-corrected chi connectivity index (χ1v) is 28.8. The number of amides is 1. The maximum atomic E-state index is 13.2. The number of unbranched alkanes of at least 4 members (excludes halogenated alkanes) is 12. The van der Waals surface area contributed by atoms with Crippen LogP contribution in [0.1, 0.15) is 168 Å². The Morgan fingerprint density at radius 3 is 1.45 bits per heavy atom. The summed E-state index contributed by atoms with van der Waals surface area (Å²) in [6.07, 6.45) is 49.5. The standard InChI is InChI=1S/C62H101NO13/c1-3-5-7-9-11-13-15-17-19-20-21-22-23-24-25-26-27-28-29-30-32-34-36-38-40-42-44-46-54(67)63-50(51(66)45-43-41-39-37-35-33-31-18-16-14-12-10-8-6-4-2)49-73-61-59(72)57(70)60(53(48-65)75-61)76-62-58(71)56(69)55(68)52(47-64)74-62/h5,7,11,13,17,19,21-22,24-25,27-28,30,32,35-38,43,45,50-53,55-62,64-66,68-72H,3-4,6,8-10,12,14-16,18,20,23,26,29,31,33-34,39-42,44,46-49H2,1-2H3,(H,63,67)/b7-5-,13-11-,19-17-,22-21-,25-24-,28-27-,32-30-,37-35+,38-36-,45-43+. The molecule has 0 aromatic heterocycles. The largest absolute Gasteiger partial charge is 0.394 e. The maximum absolute atomic E-state index is 13.2. The van der Waals surface area contributed by atoms with Gasteiger partial charge in [0.05, 0.1) is 32.0 Å². The molecule has 2 saturated heterocycles. The fraction of sp³-hybridized carbons (Fsp3) is 0.661.